The van der Waals surface area contributed by atoms with Gasteiger partial charge in [0.05, 0.1) is 0 Å². The average molecular weight is 255 g/mol. The minimum atomic E-state index is 0.714. The molecule has 2 unspecified atom stereocenters. The van der Waals surface area contributed by atoms with Crippen molar-refractivity contribution in [3.63, 3.8) is 0 Å². The molecule has 108 valence electrons. The molecular formula is C15H33N3. The lowest BCUT2D eigenvalue weighted by Gasteiger charge is -2.26. The van der Waals surface area contributed by atoms with Crippen LogP contribution in [-0.4, -0.2) is 61.7 Å². The zero-order valence-electron chi connectivity index (χ0n) is 12.9. The first-order valence-electron chi connectivity index (χ1n) is 7.88. The summed E-state index contributed by atoms with van der Waals surface area (Å²) in [5.41, 5.74) is 0. The van der Waals surface area contributed by atoms with Crippen LogP contribution in [0.5, 0.6) is 0 Å². The van der Waals surface area contributed by atoms with Crippen LogP contribution < -0.4 is 5.32 Å². The summed E-state index contributed by atoms with van der Waals surface area (Å²) in [4.78, 5) is 5.27. The van der Waals surface area contributed by atoms with E-state index >= 15 is 0 Å². The zero-order valence-corrected chi connectivity index (χ0v) is 12.9. The molecule has 1 rings (SSSR count). The molecular weight excluding hydrogens is 222 g/mol. The predicted molar refractivity (Wildman–Crippen MR) is 80.1 cm³/mol. The topological polar surface area (TPSA) is 18.5 Å². The molecule has 2 atom stereocenters. The maximum absolute atomic E-state index is 3.40. The molecule has 0 saturated carbocycles. The van der Waals surface area contributed by atoms with Crippen molar-refractivity contribution in [2.24, 2.45) is 0 Å². The van der Waals surface area contributed by atoms with Crippen molar-refractivity contribution in [3.8, 4) is 0 Å². The molecule has 0 aromatic rings. The molecule has 1 N–H and O–H groups in total. The van der Waals surface area contributed by atoms with Gasteiger partial charge in [-0.3, -0.25) is 4.90 Å². The van der Waals surface area contributed by atoms with E-state index in [4.69, 9.17) is 0 Å². The van der Waals surface area contributed by atoms with E-state index in [-0.39, 0.29) is 0 Å². The number of likely N-dealkylation sites (tertiary alicyclic amines) is 1. The maximum atomic E-state index is 3.40. The van der Waals surface area contributed by atoms with Crippen molar-refractivity contribution in [3.05, 3.63) is 0 Å². The van der Waals surface area contributed by atoms with Gasteiger partial charge in [0.1, 0.15) is 0 Å². The smallest absolute Gasteiger partial charge is 0.0235 e. The van der Waals surface area contributed by atoms with Crippen molar-refractivity contribution < 1.29 is 0 Å². The van der Waals surface area contributed by atoms with Gasteiger partial charge in [0.2, 0.25) is 0 Å². The second-order valence-corrected chi connectivity index (χ2v) is 5.50. The van der Waals surface area contributed by atoms with Crippen LogP contribution in [0.2, 0.25) is 0 Å². The van der Waals surface area contributed by atoms with Crippen LogP contribution in [0.4, 0.5) is 0 Å². The summed E-state index contributed by atoms with van der Waals surface area (Å²) in [7, 11) is 2.08. The van der Waals surface area contributed by atoms with E-state index in [2.05, 4.69) is 42.9 Å². The summed E-state index contributed by atoms with van der Waals surface area (Å²) >= 11 is 0. The Bertz CT molecular complexity index is 200. The SMILES string of the molecule is CCC(CCCN1CCC(N(CC)CC)C1)NC. The Balaban J connectivity index is 2.18. The molecule has 0 aromatic heterocycles. The number of hydrogen-bond donors (Lipinski definition) is 1. The quantitative estimate of drug-likeness (QED) is 0.681. The minimum Gasteiger partial charge on any atom is -0.317 e. The first kappa shape index (κ1) is 15.9. The Morgan fingerprint density at radius 3 is 2.56 bits per heavy atom. The number of rotatable bonds is 9. The molecule has 3 nitrogen and oxygen atoms in total. The highest BCUT2D eigenvalue weighted by atomic mass is 15.2. The highest BCUT2D eigenvalue weighted by Gasteiger charge is 2.25. The number of nitrogens with one attached hydrogen (secondary N) is 1. The molecule has 3 heteroatoms. The summed E-state index contributed by atoms with van der Waals surface area (Å²) in [6.07, 6.45) is 5.27. The van der Waals surface area contributed by atoms with Crippen LogP contribution in [-0.2, 0) is 0 Å². The molecule has 0 aromatic carbocycles. The molecule has 0 amide bonds. The lowest BCUT2D eigenvalue weighted by atomic mass is 10.1. The molecule has 1 saturated heterocycles. The molecule has 0 radical (unpaired) electrons. The largest absolute Gasteiger partial charge is 0.317 e. The van der Waals surface area contributed by atoms with Crippen molar-refractivity contribution in [1.29, 1.82) is 0 Å². The highest BCUT2D eigenvalue weighted by molar-refractivity contribution is 4.82. The van der Waals surface area contributed by atoms with Crippen LogP contribution in [0.15, 0.2) is 0 Å². The van der Waals surface area contributed by atoms with Crippen LogP contribution in [0.3, 0.4) is 0 Å². The normalized spacial score (nSPS) is 22.8. The van der Waals surface area contributed by atoms with E-state index in [0.29, 0.717) is 6.04 Å². The third-order valence-corrected chi connectivity index (χ3v) is 4.50. The number of likely N-dealkylation sites (N-methyl/N-ethyl adjacent to an activating group) is 1. The predicted octanol–water partition coefficient (Wildman–Crippen LogP) is 2.18. The summed E-state index contributed by atoms with van der Waals surface area (Å²) in [5.74, 6) is 0. The lowest BCUT2D eigenvalue weighted by molar-refractivity contribution is 0.209. The van der Waals surface area contributed by atoms with Gasteiger partial charge < -0.3 is 10.2 Å². The summed E-state index contributed by atoms with van der Waals surface area (Å²) in [5, 5.41) is 3.40. The fourth-order valence-corrected chi connectivity index (χ4v) is 3.17. The van der Waals surface area contributed by atoms with Gasteiger partial charge in [-0.15, -0.1) is 0 Å². The van der Waals surface area contributed by atoms with E-state index in [0.717, 1.165) is 6.04 Å². The summed E-state index contributed by atoms with van der Waals surface area (Å²) in [6, 6.07) is 1.53. The monoisotopic (exact) mass is 255 g/mol. The molecule has 1 heterocycles. The van der Waals surface area contributed by atoms with Gasteiger partial charge in [-0.1, -0.05) is 20.8 Å². The Labute approximate surface area is 114 Å². The Hall–Kier alpha value is -0.120. The standard InChI is InChI=1S/C15H33N3/c1-5-14(16-4)9-8-11-17-12-10-15(13-17)18(6-2)7-3/h14-16H,5-13H2,1-4H3. The maximum Gasteiger partial charge on any atom is 0.0235 e. The molecule has 18 heavy (non-hydrogen) atoms. The first-order chi connectivity index (χ1) is 8.74. The van der Waals surface area contributed by atoms with Crippen molar-refractivity contribution >= 4 is 0 Å². The van der Waals surface area contributed by atoms with Crippen LogP contribution in [0.1, 0.15) is 46.5 Å². The van der Waals surface area contributed by atoms with Crippen LogP contribution in [0, 0.1) is 0 Å². The molecule has 1 aliphatic rings. The minimum absolute atomic E-state index is 0.714. The van der Waals surface area contributed by atoms with Gasteiger partial charge in [0.15, 0.2) is 0 Å². The van der Waals surface area contributed by atoms with Gasteiger partial charge in [-0.2, -0.15) is 0 Å². The van der Waals surface area contributed by atoms with Gasteiger partial charge >= 0.3 is 0 Å². The van der Waals surface area contributed by atoms with E-state index < -0.39 is 0 Å². The third-order valence-electron chi connectivity index (χ3n) is 4.50. The number of nitrogens with zero attached hydrogens (tertiary/aromatic N) is 2. The fourth-order valence-electron chi connectivity index (χ4n) is 3.17. The molecule has 0 spiro atoms. The van der Waals surface area contributed by atoms with E-state index in [1.165, 1.54) is 58.4 Å². The van der Waals surface area contributed by atoms with Gasteiger partial charge in [-0.25, -0.2) is 0 Å². The Morgan fingerprint density at radius 2 is 2.00 bits per heavy atom. The second kappa shape index (κ2) is 8.89. The van der Waals surface area contributed by atoms with Crippen molar-refractivity contribution in [1.82, 2.24) is 15.1 Å². The lowest BCUT2D eigenvalue weighted by Crippen LogP contribution is -2.37. The highest BCUT2D eigenvalue weighted by Crippen LogP contribution is 2.16. The van der Waals surface area contributed by atoms with E-state index in [1.54, 1.807) is 0 Å². The summed E-state index contributed by atoms with van der Waals surface area (Å²) in [6.45, 7) is 13.1. The van der Waals surface area contributed by atoms with E-state index in [9.17, 15) is 0 Å². The zero-order chi connectivity index (χ0) is 13.4. The number of hydrogen-bond acceptors (Lipinski definition) is 3. The van der Waals surface area contributed by atoms with Gasteiger partial charge in [-0.05, 0) is 58.9 Å². The van der Waals surface area contributed by atoms with Crippen molar-refractivity contribution in [2.45, 2.75) is 58.5 Å². The Morgan fingerprint density at radius 1 is 1.28 bits per heavy atom. The van der Waals surface area contributed by atoms with Gasteiger partial charge in [0, 0.05) is 18.6 Å². The first-order valence-corrected chi connectivity index (χ1v) is 7.88. The Kier molecular flexibility index (Phi) is 7.87. The molecule has 1 aliphatic heterocycles. The molecule has 1 fully saturated rings. The summed E-state index contributed by atoms with van der Waals surface area (Å²) < 4.78 is 0. The van der Waals surface area contributed by atoms with Crippen LogP contribution in [0.25, 0.3) is 0 Å². The molecule has 0 bridgehead atoms. The van der Waals surface area contributed by atoms with Gasteiger partial charge in [0.25, 0.3) is 0 Å². The van der Waals surface area contributed by atoms with E-state index in [1.807, 2.05) is 0 Å². The third kappa shape index (κ3) is 4.87. The average Bonchev–Trinajstić information content (AvgIpc) is 2.85. The molecule has 0 aliphatic carbocycles. The van der Waals surface area contributed by atoms with Crippen molar-refractivity contribution in [2.75, 3.05) is 39.8 Å². The fraction of sp³-hybridized carbons (Fsp3) is 1.00. The van der Waals surface area contributed by atoms with Crippen LogP contribution >= 0.6 is 0 Å². The second-order valence-electron chi connectivity index (χ2n) is 5.50.